The number of carbonyl (C=O) groups excluding carboxylic acids is 1. The molecule has 0 unspecified atom stereocenters. The third-order valence-electron chi connectivity index (χ3n) is 3.48. The monoisotopic (exact) mass is 406 g/mol. The van der Waals surface area contributed by atoms with Gasteiger partial charge in [0.2, 0.25) is 0 Å². The molecule has 0 bridgehead atoms. The van der Waals surface area contributed by atoms with Gasteiger partial charge in [0, 0.05) is 6.54 Å². The van der Waals surface area contributed by atoms with Gasteiger partial charge < -0.3 is 14.6 Å². The highest BCUT2D eigenvalue weighted by Gasteiger charge is 2.22. The minimum absolute atomic E-state index is 0.212. The Morgan fingerprint density at radius 2 is 2.21 bits per heavy atom. The SMILES string of the molecule is COc1cccc(CNC(=O)c2c(-c3ccc(Br)s3)noc2C)c1. The number of halogens is 1. The second-order valence-corrected chi connectivity index (χ2v) is 7.56. The van der Waals surface area contributed by atoms with Crippen LogP contribution in [0, 0.1) is 6.92 Å². The summed E-state index contributed by atoms with van der Waals surface area (Å²) < 4.78 is 11.4. The van der Waals surface area contributed by atoms with E-state index in [0.29, 0.717) is 23.6 Å². The molecule has 124 valence electrons. The second-order valence-electron chi connectivity index (χ2n) is 5.10. The van der Waals surface area contributed by atoms with Gasteiger partial charge in [0.15, 0.2) is 0 Å². The first kappa shape index (κ1) is 16.7. The van der Waals surface area contributed by atoms with Gasteiger partial charge in [-0.25, -0.2) is 0 Å². The van der Waals surface area contributed by atoms with Crippen molar-refractivity contribution in [2.24, 2.45) is 0 Å². The molecule has 3 aromatic rings. The van der Waals surface area contributed by atoms with E-state index in [1.807, 2.05) is 36.4 Å². The third-order valence-corrected chi connectivity index (χ3v) is 5.11. The number of amides is 1. The number of nitrogens with zero attached hydrogens (tertiary/aromatic N) is 1. The van der Waals surface area contributed by atoms with Gasteiger partial charge in [0.1, 0.15) is 22.8 Å². The summed E-state index contributed by atoms with van der Waals surface area (Å²) in [5.74, 6) is 1.04. The number of ether oxygens (including phenoxy) is 1. The lowest BCUT2D eigenvalue weighted by Gasteiger charge is -2.07. The Hall–Kier alpha value is -2.12. The van der Waals surface area contributed by atoms with E-state index in [9.17, 15) is 4.79 Å². The Morgan fingerprint density at radius 1 is 1.38 bits per heavy atom. The van der Waals surface area contributed by atoms with Crippen LogP contribution >= 0.6 is 27.3 Å². The van der Waals surface area contributed by atoms with Crippen LogP contribution in [0.5, 0.6) is 5.75 Å². The molecule has 0 fully saturated rings. The normalized spacial score (nSPS) is 10.6. The first-order chi connectivity index (χ1) is 11.6. The molecule has 0 saturated carbocycles. The Bertz CT molecular complexity index is 872. The van der Waals surface area contributed by atoms with Crippen LogP contribution in [0.25, 0.3) is 10.6 Å². The summed E-state index contributed by atoms with van der Waals surface area (Å²) in [6.45, 7) is 2.13. The highest BCUT2D eigenvalue weighted by Crippen LogP contribution is 2.33. The standard InChI is InChI=1S/C17H15BrN2O3S/c1-10-15(16(20-23-10)13-6-7-14(18)24-13)17(21)19-9-11-4-3-5-12(8-11)22-2/h3-8H,9H2,1-2H3,(H,19,21). The summed E-state index contributed by atoms with van der Waals surface area (Å²) in [5.41, 5.74) is 1.98. The molecule has 0 atom stereocenters. The Morgan fingerprint density at radius 3 is 2.92 bits per heavy atom. The van der Waals surface area contributed by atoms with E-state index < -0.39 is 0 Å². The number of thiophene rings is 1. The van der Waals surface area contributed by atoms with Gasteiger partial charge in [-0.3, -0.25) is 4.79 Å². The molecule has 24 heavy (non-hydrogen) atoms. The van der Waals surface area contributed by atoms with Crippen molar-refractivity contribution in [1.82, 2.24) is 10.5 Å². The van der Waals surface area contributed by atoms with Crippen molar-refractivity contribution in [1.29, 1.82) is 0 Å². The quantitative estimate of drug-likeness (QED) is 0.681. The molecule has 0 radical (unpaired) electrons. The number of nitrogens with one attached hydrogen (secondary N) is 1. The molecule has 2 aromatic heterocycles. The van der Waals surface area contributed by atoms with E-state index in [4.69, 9.17) is 9.26 Å². The molecule has 0 aliphatic carbocycles. The average molecular weight is 407 g/mol. The highest BCUT2D eigenvalue weighted by atomic mass is 79.9. The summed E-state index contributed by atoms with van der Waals surface area (Å²) in [4.78, 5) is 13.5. The molecular weight excluding hydrogens is 392 g/mol. The molecule has 0 saturated heterocycles. The van der Waals surface area contributed by atoms with Crippen LogP contribution in [-0.2, 0) is 6.54 Å². The van der Waals surface area contributed by atoms with Crippen molar-refractivity contribution in [2.45, 2.75) is 13.5 Å². The molecule has 1 amide bonds. The summed E-state index contributed by atoms with van der Waals surface area (Å²) in [6, 6.07) is 11.4. The predicted octanol–water partition coefficient (Wildman–Crippen LogP) is 4.41. The topological polar surface area (TPSA) is 64.4 Å². The summed E-state index contributed by atoms with van der Waals surface area (Å²) in [7, 11) is 1.61. The highest BCUT2D eigenvalue weighted by molar-refractivity contribution is 9.11. The van der Waals surface area contributed by atoms with Crippen molar-refractivity contribution in [3.05, 3.63) is 57.1 Å². The van der Waals surface area contributed by atoms with Crippen LogP contribution in [0.3, 0.4) is 0 Å². The van der Waals surface area contributed by atoms with Gasteiger partial charge in [0.25, 0.3) is 5.91 Å². The number of benzene rings is 1. The number of aryl methyl sites for hydroxylation is 1. The minimum Gasteiger partial charge on any atom is -0.497 e. The van der Waals surface area contributed by atoms with Gasteiger partial charge in [0.05, 0.1) is 15.8 Å². The third kappa shape index (κ3) is 3.52. The summed E-state index contributed by atoms with van der Waals surface area (Å²) in [5, 5.41) is 6.95. The summed E-state index contributed by atoms with van der Waals surface area (Å²) >= 11 is 4.92. The molecule has 0 spiro atoms. The smallest absolute Gasteiger partial charge is 0.257 e. The maximum Gasteiger partial charge on any atom is 0.257 e. The van der Waals surface area contributed by atoms with Gasteiger partial charge in [-0.05, 0) is 52.7 Å². The molecule has 7 heteroatoms. The fourth-order valence-electron chi connectivity index (χ4n) is 2.30. The lowest BCUT2D eigenvalue weighted by Crippen LogP contribution is -2.23. The lowest BCUT2D eigenvalue weighted by molar-refractivity contribution is 0.0950. The Kier molecular flexibility index (Phi) is 5.01. The van der Waals surface area contributed by atoms with Gasteiger partial charge in [-0.2, -0.15) is 0 Å². The number of carbonyl (C=O) groups is 1. The minimum atomic E-state index is -0.212. The first-order valence-corrected chi connectivity index (χ1v) is 8.82. The van der Waals surface area contributed by atoms with Crippen molar-refractivity contribution in [2.75, 3.05) is 7.11 Å². The van der Waals surface area contributed by atoms with Gasteiger partial charge in [-0.15, -0.1) is 11.3 Å². The fraction of sp³-hybridized carbons (Fsp3) is 0.176. The van der Waals surface area contributed by atoms with E-state index in [-0.39, 0.29) is 5.91 Å². The largest absolute Gasteiger partial charge is 0.497 e. The van der Waals surface area contributed by atoms with Crippen LogP contribution in [0.15, 0.2) is 44.7 Å². The van der Waals surface area contributed by atoms with E-state index in [1.165, 1.54) is 11.3 Å². The molecule has 5 nitrogen and oxygen atoms in total. The average Bonchev–Trinajstić information content (AvgIpc) is 3.18. The van der Waals surface area contributed by atoms with Crippen molar-refractivity contribution < 1.29 is 14.1 Å². The number of rotatable bonds is 5. The zero-order valence-corrected chi connectivity index (χ0v) is 15.5. The number of hydrogen-bond acceptors (Lipinski definition) is 5. The number of aromatic nitrogens is 1. The van der Waals surface area contributed by atoms with E-state index in [2.05, 4.69) is 26.4 Å². The zero-order valence-electron chi connectivity index (χ0n) is 13.1. The molecule has 1 N–H and O–H groups in total. The lowest BCUT2D eigenvalue weighted by atomic mass is 10.1. The molecule has 1 aromatic carbocycles. The maximum atomic E-state index is 12.6. The van der Waals surface area contributed by atoms with Crippen LogP contribution < -0.4 is 10.1 Å². The fourth-order valence-corrected chi connectivity index (χ4v) is 3.68. The maximum absolute atomic E-state index is 12.6. The van der Waals surface area contributed by atoms with E-state index in [1.54, 1.807) is 14.0 Å². The zero-order chi connectivity index (χ0) is 17.1. The second kappa shape index (κ2) is 7.19. The Balaban J connectivity index is 1.79. The van der Waals surface area contributed by atoms with Crippen LogP contribution in [0.2, 0.25) is 0 Å². The van der Waals surface area contributed by atoms with Crippen LogP contribution in [-0.4, -0.2) is 18.2 Å². The molecule has 0 aliphatic rings. The number of hydrogen-bond donors (Lipinski definition) is 1. The Labute approximate surface area is 151 Å². The molecule has 0 aliphatic heterocycles. The van der Waals surface area contributed by atoms with Crippen LogP contribution in [0.1, 0.15) is 21.7 Å². The van der Waals surface area contributed by atoms with Crippen molar-refractivity contribution >= 4 is 33.2 Å². The van der Waals surface area contributed by atoms with Gasteiger partial charge in [-0.1, -0.05) is 17.3 Å². The van der Waals surface area contributed by atoms with E-state index >= 15 is 0 Å². The van der Waals surface area contributed by atoms with Crippen molar-refractivity contribution in [3.8, 4) is 16.3 Å². The molecular formula is C17H15BrN2O3S. The van der Waals surface area contributed by atoms with Gasteiger partial charge >= 0.3 is 0 Å². The van der Waals surface area contributed by atoms with E-state index in [0.717, 1.165) is 20.0 Å². The van der Waals surface area contributed by atoms with Crippen LogP contribution in [0.4, 0.5) is 0 Å². The van der Waals surface area contributed by atoms with Crippen molar-refractivity contribution in [3.63, 3.8) is 0 Å². The summed E-state index contributed by atoms with van der Waals surface area (Å²) in [6.07, 6.45) is 0. The number of methoxy groups -OCH3 is 1. The molecule has 2 heterocycles. The molecule has 3 rings (SSSR count). The predicted molar refractivity (Wildman–Crippen MR) is 96.4 cm³/mol. The first-order valence-electron chi connectivity index (χ1n) is 7.21.